The average molecular weight is 225 g/mol. The topological polar surface area (TPSA) is 27.9 Å². The Kier molecular flexibility index (Phi) is 3.09. The molecule has 82 valence electrons. The van der Waals surface area contributed by atoms with Crippen LogP contribution in [-0.4, -0.2) is 30.1 Å². The molecule has 2 heterocycles. The number of aryl methyl sites for hydroxylation is 1. The number of nitrogens with zero attached hydrogens (tertiary/aromatic N) is 1. The summed E-state index contributed by atoms with van der Waals surface area (Å²) in [5.41, 5.74) is 0. The van der Waals surface area contributed by atoms with Crippen molar-refractivity contribution in [2.45, 2.75) is 13.2 Å². The minimum atomic E-state index is -0.409. The van der Waals surface area contributed by atoms with Crippen molar-refractivity contribution in [1.29, 1.82) is 0 Å². The molecule has 1 aromatic heterocycles. The maximum absolute atomic E-state index is 10.1. The van der Waals surface area contributed by atoms with Gasteiger partial charge in [0.1, 0.15) is 12.7 Å². The van der Waals surface area contributed by atoms with Crippen molar-refractivity contribution < 1.29 is 10.0 Å². The number of aliphatic hydroxyl groups excluding tert-OH is 1. The van der Waals surface area contributed by atoms with Crippen molar-refractivity contribution in [3.05, 3.63) is 34.3 Å². The van der Waals surface area contributed by atoms with Gasteiger partial charge in [-0.3, -0.25) is 4.90 Å². The molecule has 1 aliphatic rings. The highest BCUT2D eigenvalue weighted by Crippen LogP contribution is 2.19. The zero-order chi connectivity index (χ0) is 10.8. The van der Waals surface area contributed by atoms with Crippen molar-refractivity contribution in [3.8, 4) is 0 Å². The lowest BCUT2D eigenvalue weighted by Gasteiger charge is -2.27. The number of aliphatic hydroxyl groups is 1. The second kappa shape index (κ2) is 4.35. The van der Waals surface area contributed by atoms with E-state index >= 15 is 0 Å². The molecular weight excluding hydrogens is 208 g/mol. The van der Waals surface area contributed by atoms with Gasteiger partial charge in [-0.05, 0) is 19.1 Å². The first kappa shape index (κ1) is 10.7. The van der Waals surface area contributed by atoms with E-state index in [2.05, 4.69) is 24.9 Å². The molecule has 0 saturated carbocycles. The molecule has 3 nitrogen and oxygen atoms in total. The largest absolute Gasteiger partial charge is 0.371 e. The molecule has 2 N–H and O–H groups in total. The Labute approximate surface area is 94.2 Å². The van der Waals surface area contributed by atoms with Crippen LogP contribution in [-0.2, 0) is 0 Å². The molecule has 0 saturated heterocycles. The van der Waals surface area contributed by atoms with E-state index in [0.29, 0.717) is 0 Å². The monoisotopic (exact) mass is 225 g/mol. The predicted octanol–water partition coefficient (Wildman–Crippen LogP) is 0.349. The van der Waals surface area contributed by atoms with Gasteiger partial charge in [-0.25, -0.2) is 0 Å². The summed E-state index contributed by atoms with van der Waals surface area (Å²) in [5, 5.41) is 10.1. The van der Waals surface area contributed by atoms with Gasteiger partial charge in [0.15, 0.2) is 0 Å². The van der Waals surface area contributed by atoms with Crippen LogP contribution in [0.25, 0.3) is 0 Å². The first-order chi connectivity index (χ1) is 7.16. The molecule has 2 atom stereocenters. The first-order valence-electron chi connectivity index (χ1n) is 5.15. The lowest BCUT2D eigenvalue weighted by atomic mass is 10.3. The van der Waals surface area contributed by atoms with E-state index in [1.807, 2.05) is 18.5 Å². The Bertz CT molecular complexity index is 361. The second-order valence-corrected chi connectivity index (χ2v) is 5.29. The van der Waals surface area contributed by atoms with E-state index in [-0.39, 0.29) is 0 Å². The predicted molar refractivity (Wildman–Crippen MR) is 61.6 cm³/mol. The van der Waals surface area contributed by atoms with E-state index in [0.717, 1.165) is 22.9 Å². The van der Waals surface area contributed by atoms with Gasteiger partial charge in [-0.15, -0.1) is 11.3 Å². The van der Waals surface area contributed by atoms with Crippen molar-refractivity contribution in [3.63, 3.8) is 0 Å². The van der Waals surface area contributed by atoms with Crippen LogP contribution in [0.3, 0.4) is 0 Å². The Hall–Kier alpha value is -0.840. The van der Waals surface area contributed by atoms with Gasteiger partial charge in [-0.1, -0.05) is 0 Å². The molecule has 0 amide bonds. The van der Waals surface area contributed by atoms with Gasteiger partial charge in [-0.2, -0.15) is 0 Å². The average Bonchev–Trinajstić information content (AvgIpc) is 2.65. The summed E-state index contributed by atoms with van der Waals surface area (Å²) >= 11 is 1.67. The van der Waals surface area contributed by atoms with Crippen LogP contribution < -0.4 is 4.90 Å². The van der Waals surface area contributed by atoms with E-state index < -0.39 is 6.23 Å². The second-order valence-electron chi connectivity index (χ2n) is 3.97. The quantitative estimate of drug-likeness (QED) is 0.760. The molecule has 0 radical (unpaired) electrons. The van der Waals surface area contributed by atoms with E-state index in [1.165, 1.54) is 4.88 Å². The molecule has 0 aromatic carbocycles. The lowest BCUT2D eigenvalue weighted by Crippen LogP contribution is -3.09. The molecule has 1 aromatic rings. The molecule has 4 heteroatoms. The number of thiophene rings is 1. The fraction of sp³-hybridized carbons (Fsp3) is 0.455. The van der Waals surface area contributed by atoms with Gasteiger partial charge >= 0.3 is 0 Å². The van der Waals surface area contributed by atoms with Crippen LogP contribution in [0.2, 0.25) is 0 Å². The standard InChI is InChI=1S/C11H16N2OS/c1-9-3-4-10(15-9)11(14)13-7-5-12(2)6-8-13/h3-5,7,11,14H,6,8H2,1-2H3/p+1. The first-order valence-corrected chi connectivity index (χ1v) is 5.97. The SMILES string of the molecule is Cc1ccc(C(O)[NH+]2C=CN(C)CC2)s1. The molecule has 0 fully saturated rings. The van der Waals surface area contributed by atoms with Crippen molar-refractivity contribution >= 4 is 11.3 Å². The van der Waals surface area contributed by atoms with E-state index in [9.17, 15) is 5.11 Å². The number of quaternary nitrogens is 1. The molecule has 0 spiro atoms. The van der Waals surface area contributed by atoms with Gasteiger partial charge in [0.2, 0.25) is 6.23 Å². The maximum Gasteiger partial charge on any atom is 0.229 e. The fourth-order valence-electron chi connectivity index (χ4n) is 1.70. The van der Waals surface area contributed by atoms with E-state index in [4.69, 9.17) is 0 Å². The van der Waals surface area contributed by atoms with Crippen molar-refractivity contribution in [2.75, 3.05) is 20.1 Å². The van der Waals surface area contributed by atoms with Crippen LogP contribution in [0.15, 0.2) is 24.5 Å². The van der Waals surface area contributed by atoms with Crippen molar-refractivity contribution in [2.24, 2.45) is 0 Å². The molecule has 0 bridgehead atoms. The van der Waals surface area contributed by atoms with Gasteiger partial charge < -0.3 is 10.0 Å². The third-order valence-corrected chi connectivity index (χ3v) is 3.73. The van der Waals surface area contributed by atoms with Gasteiger partial charge in [0.05, 0.1) is 17.6 Å². The molecule has 1 aliphatic heterocycles. The van der Waals surface area contributed by atoms with E-state index in [1.54, 1.807) is 11.3 Å². The van der Waals surface area contributed by atoms with Crippen LogP contribution in [0.4, 0.5) is 0 Å². The number of nitrogens with one attached hydrogen (secondary N) is 1. The van der Waals surface area contributed by atoms with Gasteiger partial charge in [0, 0.05) is 11.9 Å². The summed E-state index contributed by atoms with van der Waals surface area (Å²) in [4.78, 5) is 5.56. The smallest absolute Gasteiger partial charge is 0.229 e. The highest BCUT2D eigenvalue weighted by Gasteiger charge is 2.23. The van der Waals surface area contributed by atoms with Crippen LogP contribution in [0.1, 0.15) is 16.0 Å². The zero-order valence-electron chi connectivity index (χ0n) is 9.10. The highest BCUT2D eigenvalue weighted by atomic mass is 32.1. The number of likely N-dealkylation sites (N-methyl/N-ethyl adjacent to an activating group) is 1. The number of hydrogen-bond acceptors (Lipinski definition) is 3. The third kappa shape index (κ3) is 2.40. The summed E-state index contributed by atoms with van der Waals surface area (Å²) in [6.45, 7) is 4.01. The summed E-state index contributed by atoms with van der Waals surface area (Å²) < 4.78 is 0. The van der Waals surface area contributed by atoms with Gasteiger partial charge in [0.25, 0.3) is 0 Å². The minimum Gasteiger partial charge on any atom is -0.371 e. The molecule has 2 rings (SSSR count). The molecular formula is C11H17N2OS+. The third-order valence-electron chi connectivity index (χ3n) is 2.68. The number of rotatable bonds is 2. The van der Waals surface area contributed by atoms with Crippen molar-refractivity contribution in [1.82, 2.24) is 4.90 Å². The van der Waals surface area contributed by atoms with Crippen LogP contribution in [0, 0.1) is 6.92 Å². The summed E-state index contributed by atoms with van der Waals surface area (Å²) in [7, 11) is 2.05. The van der Waals surface area contributed by atoms with Crippen LogP contribution >= 0.6 is 11.3 Å². The fourth-order valence-corrected chi connectivity index (χ4v) is 2.60. The Morgan fingerprint density at radius 2 is 2.33 bits per heavy atom. The molecule has 2 unspecified atom stereocenters. The summed E-state index contributed by atoms with van der Waals surface area (Å²) in [6.07, 6.45) is 3.65. The summed E-state index contributed by atoms with van der Waals surface area (Å²) in [6, 6.07) is 4.08. The summed E-state index contributed by atoms with van der Waals surface area (Å²) in [5.74, 6) is 0. The minimum absolute atomic E-state index is 0.409. The Balaban J connectivity index is 2.08. The highest BCUT2D eigenvalue weighted by molar-refractivity contribution is 7.11. The molecule has 0 aliphatic carbocycles. The Morgan fingerprint density at radius 1 is 1.53 bits per heavy atom. The maximum atomic E-state index is 10.1. The normalized spacial score (nSPS) is 23.1. The number of hydrogen-bond donors (Lipinski definition) is 2. The zero-order valence-corrected chi connectivity index (χ0v) is 9.92. The Morgan fingerprint density at radius 3 is 2.87 bits per heavy atom. The lowest BCUT2D eigenvalue weighted by molar-refractivity contribution is -0.908. The van der Waals surface area contributed by atoms with Crippen LogP contribution in [0.5, 0.6) is 0 Å². The molecule has 15 heavy (non-hydrogen) atoms.